The van der Waals surface area contributed by atoms with E-state index in [9.17, 15) is 0 Å². The number of nitrogens with zero attached hydrogens (tertiary/aromatic N) is 2. The zero-order chi connectivity index (χ0) is 12.3. The first kappa shape index (κ1) is 10.5. The van der Waals surface area contributed by atoms with Crippen molar-refractivity contribution in [1.82, 2.24) is 0 Å². The van der Waals surface area contributed by atoms with Gasteiger partial charge in [-0.1, -0.05) is 20.8 Å². The van der Waals surface area contributed by atoms with Crippen molar-refractivity contribution >= 4 is 0 Å². The summed E-state index contributed by atoms with van der Waals surface area (Å²) >= 11 is 0. The van der Waals surface area contributed by atoms with E-state index in [-0.39, 0.29) is 11.1 Å². The van der Waals surface area contributed by atoms with Crippen molar-refractivity contribution in [2.45, 2.75) is 71.4 Å². The predicted molar refractivity (Wildman–Crippen MR) is 67.9 cm³/mol. The van der Waals surface area contributed by atoms with Crippen LogP contribution in [0.1, 0.15) is 60.3 Å². The quantitative estimate of drug-likeness (QED) is 0.598. The molecular formula is C15H24N2. The SMILES string of the molecule is CC12CC[C@@](C)(N=N1)[C@]1(C)C2C2(C)CC[C@]21C. The summed E-state index contributed by atoms with van der Waals surface area (Å²) in [5.74, 6) is 0.762. The van der Waals surface area contributed by atoms with E-state index in [0.29, 0.717) is 16.2 Å². The van der Waals surface area contributed by atoms with Gasteiger partial charge >= 0.3 is 0 Å². The van der Waals surface area contributed by atoms with Gasteiger partial charge in [-0.15, -0.1) is 0 Å². The Hall–Kier alpha value is -0.400. The van der Waals surface area contributed by atoms with Crippen LogP contribution in [0.15, 0.2) is 10.2 Å². The molecule has 0 aromatic carbocycles. The van der Waals surface area contributed by atoms with E-state index in [1.54, 1.807) is 0 Å². The van der Waals surface area contributed by atoms with Gasteiger partial charge in [-0.2, -0.15) is 10.2 Å². The number of hydrogen-bond donors (Lipinski definition) is 0. The number of azo groups is 1. The van der Waals surface area contributed by atoms with Gasteiger partial charge in [0.25, 0.3) is 0 Å². The second-order valence-electron chi connectivity index (χ2n) is 8.22. The van der Waals surface area contributed by atoms with Gasteiger partial charge in [-0.25, -0.2) is 0 Å². The van der Waals surface area contributed by atoms with Crippen LogP contribution in [-0.2, 0) is 0 Å². The Morgan fingerprint density at radius 1 is 0.824 bits per heavy atom. The summed E-state index contributed by atoms with van der Waals surface area (Å²) < 4.78 is 0. The highest BCUT2D eigenvalue weighted by Gasteiger charge is 2.87. The average molecular weight is 232 g/mol. The van der Waals surface area contributed by atoms with Crippen molar-refractivity contribution in [2.75, 3.05) is 0 Å². The standard InChI is InChI=1S/C15H24N2/c1-11-6-8-13(11,3)15(5)10(11)12(2)7-9-14(15,4)17-16-12/h10H,6-9H2,1-5H3/t10?,11?,12?,13-,14-,15-/m1/s1. The Kier molecular flexibility index (Phi) is 1.38. The topological polar surface area (TPSA) is 24.7 Å². The molecule has 2 heteroatoms. The molecular weight excluding hydrogens is 208 g/mol. The third-order valence-corrected chi connectivity index (χ3v) is 8.12. The monoisotopic (exact) mass is 232 g/mol. The van der Waals surface area contributed by atoms with Crippen LogP contribution in [0.5, 0.6) is 0 Å². The Labute approximate surface area is 104 Å². The van der Waals surface area contributed by atoms with E-state index in [1.807, 2.05) is 0 Å². The molecule has 0 N–H and O–H groups in total. The fourth-order valence-corrected chi connectivity index (χ4v) is 6.69. The second-order valence-corrected chi connectivity index (χ2v) is 8.22. The van der Waals surface area contributed by atoms with E-state index in [0.717, 1.165) is 5.92 Å². The molecule has 2 nitrogen and oxygen atoms in total. The van der Waals surface area contributed by atoms with Crippen LogP contribution in [-0.4, -0.2) is 11.1 Å². The number of hydrogen-bond acceptors (Lipinski definition) is 2. The van der Waals surface area contributed by atoms with Gasteiger partial charge < -0.3 is 0 Å². The summed E-state index contributed by atoms with van der Waals surface area (Å²) in [7, 11) is 0. The van der Waals surface area contributed by atoms with Crippen LogP contribution in [0, 0.1) is 22.2 Å². The molecule has 3 saturated carbocycles. The van der Waals surface area contributed by atoms with Crippen molar-refractivity contribution in [1.29, 1.82) is 0 Å². The maximum Gasteiger partial charge on any atom is 0.0851 e. The highest BCUT2D eigenvalue weighted by Crippen LogP contribution is 2.89. The Bertz CT molecular complexity index is 458. The predicted octanol–water partition coefficient (Wildman–Crippen LogP) is 4.21. The van der Waals surface area contributed by atoms with Crippen molar-refractivity contribution in [2.24, 2.45) is 32.4 Å². The third-order valence-electron chi connectivity index (χ3n) is 8.12. The summed E-state index contributed by atoms with van der Waals surface area (Å²) in [6.07, 6.45) is 5.30. The molecule has 3 fully saturated rings. The first-order valence-electron chi connectivity index (χ1n) is 7.18. The molecule has 0 amide bonds. The van der Waals surface area contributed by atoms with Crippen molar-refractivity contribution < 1.29 is 0 Å². The van der Waals surface area contributed by atoms with Crippen LogP contribution in [0.3, 0.4) is 0 Å². The van der Waals surface area contributed by atoms with Gasteiger partial charge in [-0.3, -0.25) is 0 Å². The summed E-state index contributed by atoms with van der Waals surface area (Å²) in [5.41, 5.74) is 1.70. The van der Waals surface area contributed by atoms with E-state index in [1.165, 1.54) is 25.7 Å². The molecule has 0 saturated heterocycles. The normalized spacial score (nSPS) is 71.2. The third kappa shape index (κ3) is 0.670. The summed E-state index contributed by atoms with van der Waals surface area (Å²) in [6, 6.07) is 0. The minimum absolute atomic E-state index is 0.115. The Morgan fingerprint density at radius 2 is 1.53 bits per heavy atom. The van der Waals surface area contributed by atoms with E-state index in [2.05, 4.69) is 34.6 Å². The minimum Gasteiger partial charge on any atom is -0.187 e. The van der Waals surface area contributed by atoms with Gasteiger partial charge in [0.2, 0.25) is 0 Å². The van der Waals surface area contributed by atoms with Gasteiger partial charge in [-0.05, 0) is 56.3 Å². The van der Waals surface area contributed by atoms with E-state index >= 15 is 0 Å². The van der Waals surface area contributed by atoms with Crippen LogP contribution in [0.25, 0.3) is 0 Å². The Balaban J connectivity index is 1.97. The van der Waals surface area contributed by atoms with Crippen molar-refractivity contribution in [3.05, 3.63) is 0 Å². The van der Waals surface area contributed by atoms with Crippen LogP contribution < -0.4 is 0 Å². The lowest BCUT2D eigenvalue weighted by Crippen LogP contribution is -2.86. The van der Waals surface area contributed by atoms with Gasteiger partial charge in [0, 0.05) is 5.41 Å². The smallest absolute Gasteiger partial charge is 0.0851 e. The average Bonchev–Trinajstić information content (AvgIpc) is 2.29. The molecule has 94 valence electrons. The molecule has 2 aliphatic heterocycles. The van der Waals surface area contributed by atoms with Crippen LogP contribution in [0.2, 0.25) is 0 Å². The molecule has 5 rings (SSSR count). The van der Waals surface area contributed by atoms with Crippen LogP contribution in [0.4, 0.5) is 0 Å². The van der Waals surface area contributed by atoms with Gasteiger partial charge in [0.15, 0.2) is 0 Å². The summed E-state index contributed by atoms with van der Waals surface area (Å²) in [5, 5.41) is 9.53. The van der Waals surface area contributed by atoms with E-state index < -0.39 is 0 Å². The van der Waals surface area contributed by atoms with Crippen molar-refractivity contribution in [3.8, 4) is 0 Å². The fourth-order valence-electron chi connectivity index (χ4n) is 6.69. The van der Waals surface area contributed by atoms with Gasteiger partial charge in [0.05, 0.1) is 11.1 Å². The molecule has 3 aliphatic carbocycles. The second kappa shape index (κ2) is 2.23. The molecule has 0 radical (unpaired) electrons. The number of fused-ring (bicyclic) bond motifs is 2. The zero-order valence-electron chi connectivity index (χ0n) is 11.8. The molecule has 2 heterocycles. The molecule has 5 aliphatic rings. The van der Waals surface area contributed by atoms with Crippen LogP contribution >= 0.6 is 0 Å². The molecule has 0 spiro atoms. The minimum atomic E-state index is 0.115. The summed E-state index contributed by atoms with van der Waals surface area (Å²) in [4.78, 5) is 0. The first-order chi connectivity index (χ1) is 7.74. The molecule has 2 bridgehead atoms. The van der Waals surface area contributed by atoms with E-state index in [4.69, 9.17) is 10.2 Å². The molecule has 0 aromatic heterocycles. The lowest BCUT2D eigenvalue weighted by atomic mass is 9.17. The summed E-state index contributed by atoms with van der Waals surface area (Å²) in [6.45, 7) is 12.3. The maximum atomic E-state index is 4.78. The highest BCUT2D eigenvalue weighted by molar-refractivity contribution is 5.37. The van der Waals surface area contributed by atoms with Crippen molar-refractivity contribution in [3.63, 3.8) is 0 Å². The molecule has 6 atom stereocenters. The zero-order valence-corrected chi connectivity index (χ0v) is 11.8. The lowest BCUT2D eigenvalue weighted by molar-refractivity contribution is -0.381. The molecule has 3 unspecified atom stereocenters. The fraction of sp³-hybridized carbons (Fsp3) is 1.00. The van der Waals surface area contributed by atoms with Gasteiger partial charge in [0.1, 0.15) is 0 Å². The largest absolute Gasteiger partial charge is 0.187 e. The highest BCUT2D eigenvalue weighted by atomic mass is 15.3. The molecule has 0 aromatic rings. The first-order valence-corrected chi connectivity index (χ1v) is 7.18. The number of rotatable bonds is 0. The lowest BCUT2D eigenvalue weighted by Gasteiger charge is -2.87. The molecule has 17 heavy (non-hydrogen) atoms. The Morgan fingerprint density at radius 3 is 1.94 bits per heavy atom. The maximum absolute atomic E-state index is 4.78.